The van der Waals surface area contributed by atoms with Gasteiger partial charge in [0.15, 0.2) is 0 Å². The van der Waals surface area contributed by atoms with E-state index in [4.69, 9.17) is 4.74 Å². The number of ether oxygens (including phenoxy) is 1. The topological polar surface area (TPSA) is 44.1 Å². The third kappa shape index (κ3) is 2.65. The number of nitrogens with zero attached hydrogens (tertiary/aromatic N) is 2. The summed E-state index contributed by atoms with van der Waals surface area (Å²) in [7, 11) is 1.73. The van der Waals surface area contributed by atoms with Crippen LogP contribution in [-0.4, -0.2) is 28.8 Å². The van der Waals surface area contributed by atoms with Gasteiger partial charge < -0.3 is 4.74 Å². The summed E-state index contributed by atoms with van der Waals surface area (Å²) < 4.78 is 7.42. The van der Waals surface area contributed by atoms with Crippen LogP contribution in [0, 0.1) is 0 Å². The number of Topliss-reactive ketones (excluding diaryl/α,β-unsaturated/α-hetero) is 1. The monoisotopic (exact) mass is 260 g/mol. The van der Waals surface area contributed by atoms with E-state index in [9.17, 15) is 4.79 Å². The van der Waals surface area contributed by atoms with Crippen molar-refractivity contribution in [1.82, 2.24) is 9.78 Å². The second-order valence-electron chi connectivity index (χ2n) is 2.94. The maximum absolute atomic E-state index is 11.6. The van der Waals surface area contributed by atoms with Gasteiger partial charge in [-0.3, -0.25) is 9.48 Å². The fraction of sp³-hybridized carbons (Fsp3) is 0.556. The number of aromatic nitrogens is 2. The predicted octanol–water partition coefficient (Wildman–Crippen LogP) is 1.79. The Kier molecular flexibility index (Phi) is 4.28. The van der Waals surface area contributed by atoms with Crippen molar-refractivity contribution in [3.63, 3.8) is 0 Å². The molecule has 0 atom stereocenters. The molecule has 0 spiro atoms. The summed E-state index contributed by atoms with van der Waals surface area (Å²) in [4.78, 5) is 11.6. The fourth-order valence-electron chi connectivity index (χ4n) is 1.10. The van der Waals surface area contributed by atoms with Crippen LogP contribution in [0.2, 0.25) is 0 Å². The van der Waals surface area contributed by atoms with Crippen LogP contribution in [0.25, 0.3) is 0 Å². The highest BCUT2D eigenvalue weighted by atomic mass is 79.9. The zero-order chi connectivity index (χ0) is 10.6. The Morgan fingerprint density at radius 1 is 1.71 bits per heavy atom. The van der Waals surface area contributed by atoms with Crippen molar-refractivity contribution in [1.29, 1.82) is 0 Å². The Morgan fingerprint density at radius 3 is 2.93 bits per heavy atom. The van der Waals surface area contributed by atoms with E-state index in [0.29, 0.717) is 16.8 Å². The van der Waals surface area contributed by atoms with Gasteiger partial charge in [0.1, 0.15) is 12.3 Å². The maximum atomic E-state index is 11.6. The first-order valence-electron chi connectivity index (χ1n) is 4.45. The van der Waals surface area contributed by atoms with Crippen LogP contribution >= 0.6 is 15.9 Å². The molecule has 5 heteroatoms. The normalized spacial score (nSPS) is 10.5. The molecule has 1 heterocycles. The predicted molar refractivity (Wildman–Crippen MR) is 56.3 cm³/mol. The number of hydrogen-bond acceptors (Lipinski definition) is 3. The molecule has 0 amide bonds. The van der Waals surface area contributed by atoms with Crippen LogP contribution in [0.1, 0.15) is 23.8 Å². The average Bonchev–Trinajstić information content (AvgIpc) is 2.46. The molecular weight excluding hydrogens is 248 g/mol. The molecular formula is C9H13BrN2O2. The summed E-state index contributed by atoms with van der Waals surface area (Å²) >= 11 is 3.27. The molecule has 0 aliphatic heterocycles. The lowest BCUT2D eigenvalue weighted by Gasteiger charge is -2.02. The van der Waals surface area contributed by atoms with Gasteiger partial charge in [-0.1, -0.05) is 6.92 Å². The lowest BCUT2D eigenvalue weighted by molar-refractivity contribution is 0.0751. The average molecular weight is 261 g/mol. The minimum Gasteiger partial charge on any atom is -0.373 e. The van der Waals surface area contributed by atoms with Gasteiger partial charge in [0, 0.05) is 13.7 Å². The number of carbonyl (C=O) groups excluding carboxylic acids is 1. The molecule has 0 N–H and O–H groups in total. The summed E-state index contributed by atoms with van der Waals surface area (Å²) in [5.41, 5.74) is 0.557. The van der Waals surface area contributed by atoms with Crippen molar-refractivity contribution in [2.75, 3.05) is 13.2 Å². The summed E-state index contributed by atoms with van der Waals surface area (Å²) in [6, 6.07) is 0. The number of halogens is 1. The molecule has 0 bridgehead atoms. The number of aryl methyl sites for hydroxylation is 1. The Labute approximate surface area is 91.4 Å². The molecule has 0 saturated carbocycles. The first-order chi connectivity index (χ1) is 6.66. The summed E-state index contributed by atoms with van der Waals surface area (Å²) in [5.74, 6) is -0.0506. The number of rotatable bonds is 5. The van der Waals surface area contributed by atoms with E-state index >= 15 is 0 Å². The van der Waals surface area contributed by atoms with E-state index < -0.39 is 0 Å². The standard InChI is InChI=1S/C9H13BrN2O2/c1-3-4-14-6-8(13)9-7(10)5-11-12(9)2/h5H,3-4,6H2,1-2H3. The highest BCUT2D eigenvalue weighted by Gasteiger charge is 2.14. The molecule has 0 unspecified atom stereocenters. The van der Waals surface area contributed by atoms with Crippen molar-refractivity contribution in [3.8, 4) is 0 Å². The van der Waals surface area contributed by atoms with Crippen molar-refractivity contribution in [2.45, 2.75) is 13.3 Å². The van der Waals surface area contributed by atoms with Gasteiger partial charge in [-0.05, 0) is 22.4 Å². The molecule has 0 aromatic carbocycles. The van der Waals surface area contributed by atoms with Crippen LogP contribution in [0.4, 0.5) is 0 Å². The van der Waals surface area contributed by atoms with Gasteiger partial charge >= 0.3 is 0 Å². The first-order valence-corrected chi connectivity index (χ1v) is 5.24. The van der Waals surface area contributed by atoms with Crippen LogP contribution in [0.15, 0.2) is 10.7 Å². The smallest absolute Gasteiger partial charge is 0.207 e. The maximum Gasteiger partial charge on any atom is 0.207 e. The van der Waals surface area contributed by atoms with Crippen LogP contribution in [0.5, 0.6) is 0 Å². The number of carbonyl (C=O) groups is 1. The fourth-order valence-corrected chi connectivity index (χ4v) is 1.67. The molecule has 0 aliphatic carbocycles. The second kappa shape index (κ2) is 5.26. The Balaban J connectivity index is 2.60. The van der Waals surface area contributed by atoms with Crippen LogP contribution < -0.4 is 0 Å². The molecule has 1 rings (SSSR count). The number of hydrogen-bond donors (Lipinski definition) is 0. The van der Waals surface area contributed by atoms with Crippen molar-refractivity contribution in [2.24, 2.45) is 7.05 Å². The quantitative estimate of drug-likeness (QED) is 0.599. The van der Waals surface area contributed by atoms with E-state index in [1.807, 2.05) is 6.92 Å². The van der Waals surface area contributed by atoms with Gasteiger partial charge in [-0.15, -0.1) is 0 Å². The summed E-state index contributed by atoms with van der Waals surface area (Å²) in [5, 5.41) is 3.96. The third-order valence-electron chi connectivity index (χ3n) is 1.74. The summed E-state index contributed by atoms with van der Waals surface area (Å²) in [6.07, 6.45) is 2.52. The largest absolute Gasteiger partial charge is 0.373 e. The van der Waals surface area contributed by atoms with E-state index in [1.165, 1.54) is 0 Å². The van der Waals surface area contributed by atoms with E-state index in [-0.39, 0.29) is 12.4 Å². The molecule has 4 nitrogen and oxygen atoms in total. The van der Waals surface area contributed by atoms with Gasteiger partial charge in [0.05, 0.1) is 10.7 Å². The first kappa shape index (κ1) is 11.4. The van der Waals surface area contributed by atoms with Gasteiger partial charge in [-0.2, -0.15) is 5.10 Å². The zero-order valence-electron chi connectivity index (χ0n) is 8.29. The molecule has 78 valence electrons. The van der Waals surface area contributed by atoms with Crippen LogP contribution in [0.3, 0.4) is 0 Å². The summed E-state index contributed by atoms with van der Waals surface area (Å²) in [6.45, 7) is 2.73. The second-order valence-corrected chi connectivity index (χ2v) is 3.79. The Bertz CT molecular complexity index is 303. The van der Waals surface area contributed by atoms with Crippen molar-refractivity contribution >= 4 is 21.7 Å². The van der Waals surface area contributed by atoms with Gasteiger partial charge in [-0.25, -0.2) is 0 Å². The minimum atomic E-state index is -0.0506. The SMILES string of the molecule is CCCOCC(=O)c1c(Br)cnn1C. The minimum absolute atomic E-state index is 0.0506. The molecule has 1 aromatic heterocycles. The van der Waals surface area contributed by atoms with E-state index in [0.717, 1.165) is 6.42 Å². The van der Waals surface area contributed by atoms with Gasteiger partial charge in [0.25, 0.3) is 0 Å². The highest BCUT2D eigenvalue weighted by Crippen LogP contribution is 2.15. The lowest BCUT2D eigenvalue weighted by Crippen LogP contribution is -2.14. The Hall–Kier alpha value is -0.680. The molecule has 0 aliphatic rings. The molecule has 1 aromatic rings. The molecule has 0 radical (unpaired) electrons. The zero-order valence-corrected chi connectivity index (χ0v) is 9.87. The number of ketones is 1. The van der Waals surface area contributed by atoms with E-state index in [1.54, 1.807) is 17.9 Å². The van der Waals surface area contributed by atoms with Gasteiger partial charge in [0.2, 0.25) is 5.78 Å². The third-order valence-corrected chi connectivity index (χ3v) is 2.32. The molecule has 0 fully saturated rings. The van der Waals surface area contributed by atoms with E-state index in [2.05, 4.69) is 21.0 Å². The molecule has 0 saturated heterocycles. The lowest BCUT2D eigenvalue weighted by atomic mass is 10.3. The molecule has 14 heavy (non-hydrogen) atoms. The highest BCUT2D eigenvalue weighted by molar-refractivity contribution is 9.10. The Morgan fingerprint density at radius 2 is 2.43 bits per heavy atom. The van der Waals surface area contributed by atoms with Crippen molar-refractivity contribution in [3.05, 3.63) is 16.4 Å². The van der Waals surface area contributed by atoms with Crippen molar-refractivity contribution < 1.29 is 9.53 Å². The van der Waals surface area contributed by atoms with Crippen LogP contribution in [-0.2, 0) is 11.8 Å².